The Morgan fingerprint density at radius 1 is 1.38 bits per heavy atom. The third-order valence-corrected chi connectivity index (χ3v) is 4.81. The highest BCUT2D eigenvalue weighted by atomic mass is 32.1. The van der Waals surface area contributed by atoms with Crippen molar-refractivity contribution in [2.75, 3.05) is 0 Å². The first-order valence-corrected chi connectivity index (χ1v) is 10.4. The van der Waals surface area contributed by atoms with E-state index < -0.39 is 8.07 Å². The van der Waals surface area contributed by atoms with Crippen LogP contribution in [0.3, 0.4) is 0 Å². The zero-order chi connectivity index (χ0) is 12.0. The highest BCUT2D eigenvalue weighted by Gasteiger charge is 2.09. The van der Waals surface area contributed by atoms with Gasteiger partial charge >= 0.3 is 0 Å². The fraction of sp³-hybridized carbons (Fsp3) is 0.429. The number of rotatable bonds is 6. The van der Waals surface area contributed by atoms with Gasteiger partial charge < -0.3 is 0 Å². The maximum atomic E-state index is 4.13. The van der Waals surface area contributed by atoms with Crippen molar-refractivity contribution in [1.29, 1.82) is 0 Å². The third kappa shape index (κ3) is 5.47. The summed E-state index contributed by atoms with van der Waals surface area (Å²) in [6.07, 6.45) is 6.88. The molecular formula is C14H22SSi. The Morgan fingerprint density at radius 2 is 2.12 bits per heavy atom. The summed E-state index contributed by atoms with van der Waals surface area (Å²) in [5.41, 5.74) is 1.27. The van der Waals surface area contributed by atoms with E-state index in [1.807, 2.05) is 0 Å². The summed E-state index contributed by atoms with van der Waals surface area (Å²) in [6, 6.07) is 5.53. The molecule has 0 saturated heterocycles. The van der Waals surface area contributed by atoms with E-state index in [2.05, 4.69) is 55.9 Å². The van der Waals surface area contributed by atoms with Crippen molar-refractivity contribution in [3.63, 3.8) is 0 Å². The monoisotopic (exact) mass is 250 g/mol. The van der Waals surface area contributed by atoms with Gasteiger partial charge in [-0.1, -0.05) is 44.4 Å². The fourth-order valence-electron chi connectivity index (χ4n) is 1.42. The van der Waals surface area contributed by atoms with Gasteiger partial charge in [-0.15, -0.1) is 11.3 Å². The summed E-state index contributed by atoms with van der Waals surface area (Å²) in [7, 11) is -0.895. The van der Waals surface area contributed by atoms with Gasteiger partial charge in [-0.05, 0) is 35.9 Å². The van der Waals surface area contributed by atoms with Crippen LogP contribution in [0.1, 0.15) is 17.7 Å². The molecule has 0 saturated carbocycles. The molecule has 0 aliphatic heterocycles. The molecule has 1 aromatic heterocycles. The van der Waals surface area contributed by atoms with Crippen LogP contribution >= 0.6 is 11.3 Å². The lowest BCUT2D eigenvalue weighted by Gasteiger charge is -2.11. The van der Waals surface area contributed by atoms with Crippen LogP contribution in [0.2, 0.25) is 25.7 Å². The second kappa shape index (κ2) is 6.21. The van der Waals surface area contributed by atoms with Crippen molar-refractivity contribution in [2.45, 2.75) is 38.5 Å². The van der Waals surface area contributed by atoms with Crippen LogP contribution in [0.15, 0.2) is 36.2 Å². The van der Waals surface area contributed by atoms with Crippen LogP contribution in [0.5, 0.6) is 0 Å². The maximum Gasteiger partial charge on any atom is 0.0480 e. The van der Waals surface area contributed by atoms with Crippen molar-refractivity contribution < 1.29 is 0 Å². The Hall–Kier alpha value is -0.603. The minimum Gasteiger partial charge on any atom is -0.144 e. The van der Waals surface area contributed by atoms with Gasteiger partial charge in [0.2, 0.25) is 0 Å². The molecule has 0 fully saturated rings. The largest absolute Gasteiger partial charge is 0.144 e. The summed E-state index contributed by atoms with van der Waals surface area (Å²) >= 11 is 1.78. The fourth-order valence-corrected chi connectivity index (χ4v) is 3.02. The van der Waals surface area contributed by atoms with E-state index in [1.165, 1.54) is 16.5 Å². The minimum atomic E-state index is -0.895. The van der Waals surface area contributed by atoms with Gasteiger partial charge in [0.05, 0.1) is 0 Å². The van der Waals surface area contributed by atoms with E-state index in [1.54, 1.807) is 11.3 Å². The summed E-state index contributed by atoms with van der Waals surface area (Å²) in [4.78, 5) is 1.33. The molecule has 1 rings (SSSR count). The Kier molecular flexibility index (Phi) is 5.23. The highest BCUT2D eigenvalue weighted by Crippen LogP contribution is 2.22. The quantitative estimate of drug-likeness (QED) is 0.466. The Morgan fingerprint density at radius 3 is 2.69 bits per heavy atom. The van der Waals surface area contributed by atoms with E-state index in [9.17, 15) is 0 Å². The lowest BCUT2D eigenvalue weighted by Crippen LogP contribution is -2.17. The molecule has 1 aromatic rings. The van der Waals surface area contributed by atoms with E-state index >= 15 is 0 Å². The summed E-state index contributed by atoms with van der Waals surface area (Å²) in [5, 5.41) is 2.11. The zero-order valence-corrected chi connectivity index (χ0v) is 12.4. The maximum absolute atomic E-state index is 4.13. The van der Waals surface area contributed by atoms with Crippen LogP contribution in [-0.2, 0) is 0 Å². The first-order valence-electron chi connectivity index (χ1n) is 5.86. The number of allylic oxidation sites excluding steroid dienone is 3. The van der Waals surface area contributed by atoms with E-state index in [-0.39, 0.29) is 0 Å². The molecule has 0 spiro atoms. The molecule has 0 radical (unpaired) electrons. The van der Waals surface area contributed by atoms with Crippen LogP contribution in [0, 0.1) is 0 Å². The third-order valence-electron chi connectivity index (χ3n) is 2.38. The Balaban J connectivity index is 2.24. The van der Waals surface area contributed by atoms with E-state index in [0.29, 0.717) is 0 Å². The van der Waals surface area contributed by atoms with Gasteiger partial charge in [0.1, 0.15) is 0 Å². The Bertz CT molecular complexity index is 341. The minimum absolute atomic E-state index is 0.895. The molecule has 0 atom stereocenters. The van der Waals surface area contributed by atoms with Crippen molar-refractivity contribution >= 4 is 25.0 Å². The summed E-state index contributed by atoms with van der Waals surface area (Å²) < 4.78 is 0. The van der Waals surface area contributed by atoms with E-state index in [0.717, 1.165) is 12.8 Å². The summed E-state index contributed by atoms with van der Waals surface area (Å²) in [5.74, 6) is 0. The van der Waals surface area contributed by atoms with E-state index in [4.69, 9.17) is 0 Å². The molecule has 16 heavy (non-hydrogen) atoms. The van der Waals surface area contributed by atoms with Gasteiger partial charge in [0.15, 0.2) is 0 Å². The zero-order valence-electron chi connectivity index (χ0n) is 10.6. The van der Waals surface area contributed by atoms with Gasteiger partial charge in [-0.2, -0.15) is 0 Å². The normalized spacial score (nSPS) is 12.2. The molecule has 0 aromatic carbocycles. The standard InChI is InChI=1S/C14H22SSi/c1-13(14-10-8-11-15-14)9-6-5-7-12-16(2,3)4/h5,7-8,10-11H,1,6,9,12H2,2-4H3/b7-5+. The lowest BCUT2D eigenvalue weighted by atomic mass is 10.1. The molecular weight excluding hydrogens is 228 g/mol. The molecule has 0 nitrogen and oxygen atoms in total. The topological polar surface area (TPSA) is 0 Å². The number of hydrogen-bond donors (Lipinski definition) is 0. The molecule has 88 valence electrons. The van der Waals surface area contributed by atoms with Gasteiger partial charge in [-0.25, -0.2) is 0 Å². The number of thiophene rings is 1. The highest BCUT2D eigenvalue weighted by molar-refractivity contribution is 7.11. The summed E-state index contributed by atoms with van der Waals surface area (Å²) in [6.45, 7) is 11.3. The SMILES string of the molecule is C=C(CC/C=C/C[Si](C)(C)C)c1cccs1. The average molecular weight is 250 g/mol. The molecule has 0 aliphatic rings. The predicted molar refractivity (Wildman–Crippen MR) is 79.9 cm³/mol. The van der Waals surface area contributed by atoms with Gasteiger partial charge in [-0.3, -0.25) is 0 Å². The van der Waals surface area contributed by atoms with Crippen LogP contribution in [0.4, 0.5) is 0 Å². The van der Waals surface area contributed by atoms with Crippen molar-refractivity contribution in [1.82, 2.24) is 0 Å². The van der Waals surface area contributed by atoms with Gasteiger partial charge in [0, 0.05) is 13.0 Å². The molecule has 0 N–H and O–H groups in total. The predicted octanol–water partition coefficient (Wildman–Crippen LogP) is 5.44. The molecule has 0 aliphatic carbocycles. The van der Waals surface area contributed by atoms with Crippen molar-refractivity contribution in [3.8, 4) is 0 Å². The molecule has 1 heterocycles. The van der Waals surface area contributed by atoms with Crippen LogP contribution in [0.25, 0.3) is 5.57 Å². The molecule has 0 unspecified atom stereocenters. The first kappa shape index (κ1) is 13.5. The van der Waals surface area contributed by atoms with Gasteiger partial charge in [0.25, 0.3) is 0 Å². The smallest absolute Gasteiger partial charge is 0.0480 e. The first-order chi connectivity index (χ1) is 7.49. The van der Waals surface area contributed by atoms with Crippen LogP contribution < -0.4 is 0 Å². The van der Waals surface area contributed by atoms with Crippen molar-refractivity contribution in [2.24, 2.45) is 0 Å². The Labute approximate surface area is 105 Å². The molecule has 0 bridgehead atoms. The average Bonchev–Trinajstić information content (AvgIpc) is 2.67. The second-order valence-corrected chi connectivity index (χ2v) is 11.8. The molecule has 2 heteroatoms. The second-order valence-electron chi connectivity index (χ2n) is 5.36. The molecule has 0 amide bonds. The van der Waals surface area contributed by atoms with Crippen molar-refractivity contribution in [3.05, 3.63) is 41.1 Å². The lowest BCUT2D eigenvalue weighted by molar-refractivity contribution is 1.07. The number of hydrogen-bond acceptors (Lipinski definition) is 1. The van der Waals surface area contributed by atoms with Crippen LogP contribution in [-0.4, -0.2) is 8.07 Å².